The van der Waals surface area contributed by atoms with Gasteiger partial charge in [0.25, 0.3) is 0 Å². The molecule has 3 heterocycles. The fraction of sp³-hybridized carbons (Fsp3) is 0.0638. The number of anilines is 3. The summed E-state index contributed by atoms with van der Waals surface area (Å²) >= 11 is 1.89. The third-order valence-electron chi connectivity index (χ3n) is 10.6. The van der Waals surface area contributed by atoms with E-state index in [-0.39, 0.29) is 5.41 Å². The van der Waals surface area contributed by atoms with Crippen LogP contribution in [0.2, 0.25) is 0 Å². The van der Waals surface area contributed by atoms with Gasteiger partial charge in [-0.25, -0.2) is 0 Å². The van der Waals surface area contributed by atoms with Crippen molar-refractivity contribution in [1.29, 1.82) is 0 Å². The predicted molar refractivity (Wildman–Crippen MR) is 214 cm³/mol. The lowest BCUT2D eigenvalue weighted by molar-refractivity contribution is 0.632. The Hall–Kier alpha value is -5.90. The third-order valence-corrected chi connectivity index (χ3v) is 11.8. The van der Waals surface area contributed by atoms with Gasteiger partial charge in [0, 0.05) is 32.3 Å². The Balaban J connectivity index is 1.24. The Morgan fingerprint density at radius 3 is 1.64 bits per heavy atom. The number of fused-ring (bicyclic) bond motifs is 7. The van der Waals surface area contributed by atoms with Crippen molar-refractivity contribution in [3.8, 4) is 27.9 Å². The van der Waals surface area contributed by atoms with Gasteiger partial charge < -0.3 is 9.47 Å². The first-order chi connectivity index (χ1) is 24.6. The van der Waals surface area contributed by atoms with E-state index in [1.165, 1.54) is 87.3 Å². The van der Waals surface area contributed by atoms with Crippen molar-refractivity contribution in [2.45, 2.75) is 19.3 Å². The number of hydrogen-bond donors (Lipinski definition) is 0. The van der Waals surface area contributed by atoms with Crippen LogP contribution in [0.15, 0.2) is 170 Å². The molecule has 0 fully saturated rings. The van der Waals surface area contributed by atoms with Crippen LogP contribution in [0, 0.1) is 0 Å². The van der Waals surface area contributed by atoms with E-state index in [9.17, 15) is 0 Å². The molecule has 0 saturated carbocycles. The first-order valence-corrected chi connectivity index (χ1v) is 18.1. The minimum absolute atomic E-state index is 0.226. The zero-order valence-electron chi connectivity index (χ0n) is 28.0. The number of aromatic nitrogens is 1. The van der Waals surface area contributed by atoms with Gasteiger partial charge in [0.15, 0.2) is 0 Å². The van der Waals surface area contributed by atoms with E-state index in [1.54, 1.807) is 0 Å². The molecule has 2 nitrogen and oxygen atoms in total. The Morgan fingerprint density at radius 1 is 0.460 bits per heavy atom. The quantitative estimate of drug-likeness (QED) is 0.183. The molecule has 7 aromatic carbocycles. The Labute approximate surface area is 296 Å². The third kappa shape index (κ3) is 4.33. The molecule has 0 unspecified atom stereocenters. The van der Waals surface area contributed by atoms with Crippen LogP contribution in [0.1, 0.15) is 25.0 Å². The van der Waals surface area contributed by atoms with Crippen LogP contribution >= 0.6 is 11.3 Å². The van der Waals surface area contributed by atoms with E-state index in [0.29, 0.717) is 0 Å². The second-order valence-corrected chi connectivity index (χ2v) is 14.9. The van der Waals surface area contributed by atoms with Crippen LogP contribution in [0.3, 0.4) is 0 Å². The number of benzene rings is 7. The van der Waals surface area contributed by atoms with Gasteiger partial charge in [0.2, 0.25) is 0 Å². The molecule has 10 rings (SSSR count). The predicted octanol–water partition coefficient (Wildman–Crippen LogP) is 13.4. The Kier molecular flexibility index (Phi) is 6.43. The van der Waals surface area contributed by atoms with Gasteiger partial charge in [-0.05, 0) is 94.0 Å². The van der Waals surface area contributed by atoms with E-state index in [1.807, 2.05) is 11.3 Å². The van der Waals surface area contributed by atoms with E-state index in [0.717, 1.165) is 0 Å². The fourth-order valence-corrected chi connectivity index (χ4v) is 9.29. The van der Waals surface area contributed by atoms with Gasteiger partial charge in [0.1, 0.15) is 0 Å². The number of thiophene rings is 1. The SMILES string of the molecule is CC1(C)c2cc(-c3ccccc3)ccc2N(c2ccc3c(c2)c2sc4ccccc4c2n3-c2ccccc2)c2ccc(-c3ccccc3)cc21. The molecule has 238 valence electrons. The van der Waals surface area contributed by atoms with E-state index >= 15 is 0 Å². The maximum atomic E-state index is 2.50. The molecule has 2 aromatic heterocycles. The van der Waals surface area contributed by atoms with Crippen molar-refractivity contribution in [2.24, 2.45) is 0 Å². The zero-order chi connectivity index (χ0) is 33.4. The molecule has 3 heteroatoms. The molecule has 0 spiro atoms. The van der Waals surface area contributed by atoms with E-state index < -0.39 is 0 Å². The van der Waals surface area contributed by atoms with Gasteiger partial charge in [-0.3, -0.25) is 0 Å². The zero-order valence-corrected chi connectivity index (χ0v) is 28.8. The van der Waals surface area contributed by atoms with E-state index in [2.05, 4.69) is 193 Å². The maximum Gasteiger partial charge on any atom is 0.0727 e. The van der Waals surface area contributed by atoms with E-state index in [4.69, 9.17) is 0 Å². The summed E-state index contributed by atoms with van der Waals surface area (Å²) in [6, 6.07) is 62.3. The largest absolute Gasteiger partial charge is 0.310 e. The molecule has 50 heavy (non-hydrogen) atoms. The van der Waals surface area contributed by atoms with Crippen molar-refractivity contribution in [2.75, 3.05) is 4.90 Å². The summed E-state index contributed by atoms with van der Waals surface area (Å²) < 4.78 is 5.09. The highest BCUT2D eigenvalue weighted by molar-refractivity contribution is 7.26. The highest BCUT2D eigenvalue weighted by Crippen LogP contribution is 2.54. The summed E-state index contributed by atoms with van der Waals surface area (Å²) in [5.41, 5.74) is 14.7. The molecule has 1 aliphatic rings. The second-order valence-electron chi connectivity index (χ2n) is 13.8. The van der Waals surface area contributed by atoms with Crippen molar-refractivity contribution < 1.29 is 0 Å². The number of rotatable bonds is 4. The molecule has 0 radical (unpaired) electrons. The second kappa shape index (κ2) is 11.1. The molecule has 1 aliphatic heterocycles. The van der Waals surface area contributed by atoms with Crippen LogP contribution in [0.4, 0.5) is 17.1 Å². The molecule has 0 N–H and O–H groups in total. The summed E-state index contributed by atoms with van der Waals surface area (Å²) in [6.07, 6.45) is 0. The summed E-state index contributed by atoms with van der Waals surface area (Å²) in [7, 11) is 0. The van der Waals surface area contributed by atoms with Gasteiger partial charge in [-0.15, -0.1) is 11.3 Å². The number of para-hydroxylation sites is 1. The summed E-state index contributed by atoms with van der Waals surface area (Å²) in [5.74, 6) is 0. The monoisotopic (exact) mass is 658 g/mol. The van der Waals surface area contributed by atoms with Crippen LogP contribution in [-0.4, -0.2) is 4.57 Å². The van der Waals surface area contributed by atoms with Crippen molar-refractivity contribution in [1.82, 2.24) is 4.57 Å². The number of nitrogens with zero attached hydrogens (tertiary/aromatic N) is 2. The maximum absolute atomic E-state index is 2.50. The summed E-state index contributed by atoms with van der Waals surface area (Å²) in [5, 5.41) is 2.57. The average Bonchev–Trinajstić information content (AvgIpc) is 3.70. The van der Waals surface area contributed by atoms with Gasteiger partial charge in [-0.2, -0.15) is 0 Å². The molecule has 9 aromatic rings. The van der Waals surface area contributed by atoms with Crippen molar-refractivity contribution in [3.05, 3.63) is 181 Å². The summed E-state index contributed by atoms with van der Waals surface area (Å²) in [4.78, 5) is 2.50. The molecular weight excluding hydrogens is 625 g/mol. The smallest absolute Gasteiger partial charge is 0.0727 e. The standard InChI is InChI=1S/C47H34N2S/c1-47(2)39-28-33(31-14-6-3-7-15-31)22-25-42(39)48(43-26-23-34(29-40(43)47)32-16-8-4-9-17-32)36-24-27-41-38(30-36)46-45(37-20-12-13-21-44(37)50-46)49(41)35-18-10-5-11-19-35/h3-30H,1-2H3. The minimum atomic E-state index is -0.226. The van der Waals surface area contributed by atoms with Crippen molar-refractivity contribution in [3.63, 3.8) is 0 Å². The first kappa shape index (κ1) is 29.1. The van der Waals surface area contributed by atoms with Gasteiger partial charge in [-0.1, -0.05) is 123 Å². The van der Waals surface area contributed by atoms with Crippen LogP contribution in [-0.2, 0) is 5.41 Å². The lowest BCUT2D eigenvalue weighted by atomic mass is 9.72. The lowest BCUT2D eigenvalue weighted by Gasteiger charge is -2.42. The lowest BCUT2D eigenvalue weighted by Crippen LogP contribution is -2.30. The highest BCUT2D eigenvalue weighted by atomic mass is 32.1. The average molecular weight is 659 g/mol. The molecule has 0 atom stereocenters. The topological polar surface area (TPSA) is 8.17 Å². The Morgan fingerprint density at radius 2 is 1.02 bits per heavy atom. The number of hydrogen-bond acceptors (Lipinski definition) is 2. The summed E-state index contributed by atoms with van der Waals surface area (Å²) in [6.45, 7) is 4.77. The van der Waals surface area contributed by atoms with Crippen LogP contribution in [0.5, 0.6) is 0 Å². The Bertz CT molecular complexity index is 2630. The molecule has 0 bridgehead atoms. The normalized spacial score (nSPS) is 13.5. The fourth-order valence-electron chi connectivity index (χ4n) is 8.08. The molecule has 0 amide bonds. The molecule has 0 aliphatic carbocycles. The first-order valence-electron chi connectivity index (χ1n) is 17.3. The van der Waals surface area contributed by atoms with Crippen LogP contribution < -0.4 is 4.90 Å². The van der Waals surface area contributed by atoms with Gasteiger partial charge in [0.05, 0.1) is 27.1 Å². The van der Waals surface area contributed by atoms with Crippen LogP contribution in [0.25, 0.3) is 59.1 Å². The minimum Gasteiger partial charge on any atom is -0.310 e. The van der Waals surface area contributed by atoms with Crippen molar-refractivity contribution >= 4 is 59.6 Å². The molecule has 0 saturated heterocycles. The highest BCUT2D eigenvalue weighted by Gasteiger charge is 2.38. The van der Waals surface area contributed by atoms with Gasteiger partial charge >= 0.3 is 0 Å². The molecular formula is C47H34N2S.